The van der Waals surface area contributed by atoms with Crippen LogP contribution in [0.4, 0.5) is 11.4 Å². The summed E-state index contributed by atoms with van der Waals surface area (Å²) in [7, 11) is -3.67. The lowest BCUT2D eigenvalue weighted by atomic mass is 10.1. The summed E-state index contributed by atoms with van der Waals surface area (Å²) in [5.41, 5.74) is 3.92. The summed E-state index contributed by atoms with van der Waals surface area (Å²) >= 11 is 6.10. The van der Waals surface area contributed by atoms with Crippen LogP contribution in [-0.2, 0) is 14.8 Å². The minimum absolute atomic E-state index is 0.267. The van der Waals surface area contributed by atoms with Crippen molar-refractivity contribution in [2.24, 2.45) is 0 Å². The average Bonchev–Trinajstić information content (AvgIpc) is 2.48. The molecular weight excluding hydrogens is 360 g/mol. The fourth-order valence-electron chi connectivity index (χ4n) is 2.72. The van der Waals surface area contributed by atoms with Crippen LogP contribution < -0.4 is 9.62 Å². The van der Waals surface area contributed by atoms with E-state index in [0.717, 1.165) is 27.3 Å². The Labute approximate surface area is 153 Å². The Kier molecular flexibility index (Phi) is 5.75. The first-order valence-electron chi connectivity index (χ1n) is 7.69. The van der Waals surface area contributed by atoms with Crippen LogP contribution in [0.1, 0.15) is 16.7 Å². The zero-order chi connectivity index (χ0) is 18.8. The van der Waals surface area contributed by atoms with Gasteiger partial charge in [-0.15, -0.1) is 0 Å². The second kappa shape index (κ2) is 7.45. The molecule has 0 fully saturated rings. The Morgan fingerprint density at radius 3 is 2.20 bits per heavy atom. The number of anilines is 2. The van der Waals surface area contributed by atoms with Crippen molar-refractivity contribution in [3.8, 4) is 0 Å². The Hall–Kier alpha value is -2.05. The molecule has 134 valence electrons. The van der Waals surface area contributed by atoms with E-state index >= 15 is 0 Å². The predicted molar refractivity (Wildman–Crippen MR) is 103 cm³/mol. The maximum absolute atomic E-state index is 12.5. The molecule has 0 heterocycles. The van der Waals surface area contributed by atoms with Gasteiger partial charge in [0, 0.05) is 5.69 Å². The number of carbonyl (C=O) groups is 1. The molecule has 0 aliphatic heterocycles. The van der Waals surface area contributed by atoms with Crippen LogP contribution in [0.3, 0.4) is 0 Å². The van der Waals surface area contributed by atoms with Crippen molar-refractivity contribution in [2.45, 2.75) is 20.8 Å². The van der Waals surface area contributed by atoms with Gasteiger partial charge in [0.05, 0.1) is 17.0 Å². The van der Waals surface area contributed by atoms with Crippen LogP contribution in [0.15, 0.2) is 36.4 Å². The van der Waals surface area contributed by atoms with Gasteiger partial charge >= 0.3 is 0 Å². The number of rotatable bonds is 5. The predicted octanol–water partition coefficient (Wildman–Crippen LogP) is 3.67. The van der Waals surface area contributed by atoms with E-state index in [9.17, 15) is 13.2 Å². The highest BCUT2D eigenvalue weighted by Crippen LogP contribution is 2.27. The van der Waals surface area contributed by atoms with E-state index in [1.54, 1.807) is 24.3 Å². The minimum atomic E-state index is -3.67. The van der Waals surface area contributed by atoms with Gasteiger partial charge in [0.1, 0.15) is 6.54 Å². The Bertz CT molecular complexity index is 887. The molecule has 0 saturated carbocycles. The third-order valence-corrected chi connectivity index (χ3v) is 5.20. The first kappa shape index (κ1) is 19.3. The fraction of sp³-hybridized carbons (Fsp3) is 0.278. The number of amides is 1. The van der Waals surface area contributed by atoms with Gasteiger partial charge < -0.3 is 5.32 Å². The second-order valence-corrected chi connectivity index (χ2v) is 8.36. The summed E-state index contributed by atoms with van der Waals surface area (Å²) in [4.78, 5) is 12.5. The van der Waals surface area contributed by atoms with Gasteiger partial charge in [0.25, 0.3) is 0 Å². The molecule has 1 N–H and O–H groups in total. The highest BCUT2D eigenvalue weighted by molar-refractivity contribution is 7.92. The Morgan fingerprint density at radius 2 is 1.68 bits per heavy atom. The molecule has 25 heavy (non-hydrogen) atoms. The molecule has 0 unspecified atom stereocenters. The van der Waals surface area contributed by atoms with Crippen LogP contribution in [0.5, 0.6) is 0 Å². The number of para-hydroxylation sites is 1. The monoisotopic (exact) mass is 380 g/mol. The number of carbonyl (C=O) groups excluding carboxylic acids is 1. The molecule has 0 aliphatic carbocycles. The molecule has 0 spiro atoms. The topological polar surface area (TPSA) is 66.5 Å². The number of halogens is 1. The Balaban J connectivity index is 2.29. The molecule has 2 rings (SSSR count). The van der Waals surface area contributed by atoms with E-state index in [4.69, 9.17) is 11.6 Å². The molecule has 0 bridgehead atoms. The van der Waals surface area contributed by atoms with Gasteiger partial charge in [0.2, 0.25) is 15.9 Å². The highest BCUT2D eigenvalue weighted by Gasteiger charge is 2.23. The van der Waals surface area contributed by atoms with E-state index in [2.05, 4.69) is 5.32 Å². The number of hydrogen-bond donors (Lipinski definition) is 1. The minimum Gasteiger partial charge on any atom is -0.324 e. The number of nitrogens with zero attached hydrogens (tertiary/aromatic N) is 1. The van der Waals surface area contributed by atoms with E-state index in [-0.39, 0.29) is 17.3 Å². The van der Waals surface area contributed by atoms with E-state index in [0.29, 0.717) is 5.69 Å². The van der Waals surface area contributed by atoms with Gasteiger partial charge in [-0.3, -0.25) is 9.10 Å². The van der Waals surface area contributed by atoms with Crippen LogP contribution in [0.25, 0.3) is 0 Å². The molecule has 0 aromatic heterocycles. The summed E-state index contributed by atoms with van der Waals surface area (Å²) in [5.74, 6) is -0.430. The lowest BCUT2D eigenvalue weighted by Crippen LogP contribution is -2.37. The quantitative estimate of drug-likeness (QED) is 0.860. The highest BCUT2D eigenvalue weighted by atomic mass is 35.5. The smallest absolute Gasteiger partial charge is 0.245 e. The number of sulfonamides is 1. The van der Waals surface area contributed by atoms with Gasteiger partial charge in [-0.1, -0.05) is 41.4 Å². The number of nitrogens with one attached hydrogen (secondary N) is 1. The van der Waals surface area contributed by atoms with Crippen LogP contribution >= 0.6 is 11.6 Å². The van der Waals surface area contributed by atoms with Crippen LogP contribution in [0.2, 0.25) is 5.02 Å². The third kappa shape index (κ3) is 4.74. The van der Waals surface area contributed by atoms with Crippen molar-refractivity contribution >= 4 is 38.9 Å². The average molecular weight is 381 g/mol. The summed E-state index contributed by atoms with van der Waals surface area (Å²) in [5, 5.41) is 3.08. The Morgan fingerprint density at radius 1 is 1.12 bits per heavy atom. The summed E-state index contributed by atoms with van der Waals surface area (Å²) < 4.78 is 25.3. The molecule has 0 atom stereocenters. The number of hydrogen-bond acceptors (Lipinski definition) is 3. The standard InChI is InChI=1S/C18H21ClN2O3S/c1-12-9-13(2)18(14(3)10-12)20-17(22)11-21(25(4,23)24)16-8-6-5-7-15(16)19/h5-10H,11H2,1-4H3,(H,20,22). The molecule has 7 heteroatoms. The summed E-state index contributed by atoms with van der Waals surface area (Å²) in [6.45, 7) is 5.43. The van der Waals surface area contributed by atoms with E-state index in [1.165, 1.54) is 0 Å². The van der Waals surface area contributed by atoms with Crippen LogP contribution in [-0.4, -0.2) is 27.1 Å². The maximum Gasteiger partial charge on any atom is 0.245 e. The van der Waals surface area contributed by atoms with E-state index in [1.807, 2.05) is 32.9 Å². The SMILES string of the molecule is Cc1cc(C)c(NC(=O)CN(c2ccccc2Cl)S(C)(=O)=O)c(C)c1. The second-order valence-electron chi connectivity index (χ2n) is 6.04. The van der Waals surface area contributed by atoms with Crippen LogP contribution in [0, 0.1) is 20.8 Å². The number of aryl methyl sites for hydroxylation is 3. The lowest BCUT2D eigenvalue weighted by Gasteiger charge is -2.23. The molecule has 5 nitrogen and oxygen atoms in total. The van der Waals surface area contributed by atoms with Crippen molar-refractivity contribution < 1.29 is 13.2 Å². The zero-order valence-electron chi connectivity index (χ0n) is 14.6. The first-order chi connectivity index (χ1) is 11.6. The maximum atomic E-state index is 12.5. The molecule has 0 radical (unpaired) electrons. The number of benzene rings is 2. The van der Waals surface area contributed by atoms with Gasteiger partial charge in [0.15, 0.2) is 0 Å². The lowest BCUT2D eigenvalue weighted by molar-refractivity contribution is -0.114. The molecule has 0 aliphatic rings. The van der Waals surface area contributed by atoms with Crippen molar-refractivity contribution in [2.75, 3.05) is 22.4 Å². The molecule has 2 aromatic carbocycles. The van der Waals surface area contributed by atoms with Crippen molar-refractivity contribution in [1.82, 2.24) is 0 Å². The fourth-order valence-corrected chi connectivity index (χ4v) is 3.88. The molecule has 1 amide bonds. The van der Waals surface area contributed by atoms with Gasteiger partial charge in [-0.25, -0.2) is 8.42 Å². The van der Waals surface area contributed by atoms with E-state index < -0.39 is 15.9 Å². The zero-order valence-corrected chi connectivity index (χ0v) is 16.2. The molecular formula is C18H21ClN2O3S. The molecule has 2 aromatic rings. The van der Waals surface area contributed by atoms with Crippen molar-refractivity contribution in [3.05, 3.63) is 58.1 Å². The van der Waals surface area contributed by atoms with Crippen molar-refractivity contribution in [1.29, 1.82) is 0 Å². The van der Waals surface area contributed by atoms with Gasteiger partial charge in [-0.05, 0) is 44.0 Å². The molecule has 0 saturated heterocycles. The third-order valence-electron chi connectivity index (χ3n) is 3.75. The van der Waals surface area contributed by atoms with Crippen molar-refractivity contribution in [3.63, 3.8) is 0 Å². The van der Waals surface area contributed by atoms with Gasteiger partial charge in [-0.2, -0.15) is 0 Å². The summed E-state index contributed by atoms with van der Waals surface area (Å²) in [6.07, 6.45) is 1.05. The first-order valence-corrected chi connectivity index (χ1v) is 9.92. The largest absolute Gasteiger partial charge is 0.324 e. The summed E-state index contributed by atoms with van der Waals surface area (Å²) in [6, 6.07) is 10.5. The normalized spacial score (nSPS) is 11.2.